The van der Waals surface area contributed by atoms with Crippen LogP contribution in [0.25, 0.3) is 0 Å². The summed E-state index contributed by atoms with van der Waals surface area (Å²) >= 11 is 3.48. The van der Waals surface area contributed by atoms with Crippen LogP contribution >= 0.6 is 15.9 Å². The number of nitriles is 1. The zero-order valence-electron chi connectivity index (χ0n) is 10.3. The van der Waals surface area contributed by atoms with Gasteiger partial charge >= 0.3 is 0 Å². The predicted molar refractivity (Wildman–Crippen MR) is 74.1 cm³/mol. The van der Waals surface area contributed by atoms with Crippen molar-refractivity contribution in [1.82, 2.24) is 0 Å². The molecule has 1 aliphatic heterocycles. The zero-order valence-corrected chi connectivity index (χ0v) is 11.9. The van der Waals surface area contributed by atoms with Gasteiger partial charge < -0.3 is 4.90 Å². The molecule has 0 aliphatic carbocycles. The van der Waals surface area contributed by atoms with Crippen molar-refractivity contribution in [3.05, 3.63) is 28.2 Å². The fourth-order valence-corrected chi connectivity index (χ4v) is 2.93. The van der Waals surface area contributed by atoms with Crippen LogP contribution in [0.2, 0.25) is 0 Å². The van der Waals surface area contributed by atoms with Crippen LogP contribution in [0.1, 0.15) is 32.3 Å². The summed E-state index contributed by atoms with van der Waals surface area (Å²) in [5.41, 5.74) is 1.88. The van der Waals surface area contributed by atoms with Gasteiger partial charge in [-0.3, -0.25) is 0 Å². The summed E-state index contributed by atoms with van der Waals surface area (Å²) in [7, 11) is 0. The maximum absolute atomic E-state index is 9.01. The molecular formula is C14H17BrN2. The Morgan fingerprint density at radius 1 is 1.29 bits per heavy atom. The molecular weight excluding hydrogens is 276 g/mol. The average molecular weight is 293 g/mol. The van der Waals surface area contributed by atoms with Crippen molar-refractivity contribution in [2.24, 2.45) is 5.92 Å². The molecule has 1 saturated heterocycles. The highest BCUT2D eigenvalue weighted by atomic mass is 79.9. The number of halogens is 1. The molecule has 1 aliphatic rings. The number of piperidine rings is 1. The first-order chi connectivity index (χ1) is 8.10. The minimum Gasteiger partial charge on any atom is -0.368 e. The second-order valence-corrected chi connectivity index (χ2v) is 5.91. The molecule has 1 aromatic rings. The van der Waals surface area contributed by atoms with Gasteiger partial charge in [-0.2, -0.15) is 5.26 Å². The number of benzene rings is 1. The van der Waals surface area contributed by atoms with Crippen LogP contribution in [0.15, 0.2) is 22.7 Å². The molecule has 0 N–H and O–H groups in total. The quantitative estimate of drug-likeness (QED) is 0.784. The molecule has 0 amide bonds. The maximum Gasteiger partial charge on any atom is 0.0992 e. The fraction of sp³-hybridized carbons (Fsp3) is 0.500. The number of hydrogen-bond donors (Lipinski definition) is 0. The molecule has 3 heteroatoms. The summed E-state index contributed by atoms with van der Waals surface area (Å²) < 4.78 is 0.983. The Kier molecular flexibility index (Phi) is 3.73. The standard InChI is InChI=1S/C14H17BrN2/c1-10-3-4-11(2)17(9-10)14-6-12(8-16)5-13(15)7-14/h5-7,10-11H,3-4,9H2,1-2H3. The molecule has 1 aromatic carbocycles. The minimum atomic E-state index is 0.562. The third-order valence-corrected chi connectivity index (χ3v) is 3.92. The van der Waals surface area contributed by atoms with E-state index < -0.39 is 0 Å². The topological polar surface area (TPSA) is 27.0 Å². The van der Waals surface area contributed by atoms with Crippen molar-refractivity contribution < 1.29 is 0 Å². The van der Waals surface area contributed by atoms with Crippen molar-refractivity contribution in [3.63, 3.8) is 0 Å². The zero-order chi connectivity index (χ0) is 12.4. The molecule has 1 fully saturated rings. The SMILES string of the molecule is CC1CCC(C)N(c2cc(Br)cc(C#N)c2)C1. The van der Waals surface area contributed by atoms with Gasteiger partial charge in [0.05, 0.1) is 11.6 Å². The van der Waals surface area contributed by atoms with E-state index in [-0.39, 0.29) is 0 Å². The average Bonchev–Trinajstić information content (AvgIpc) is 2.31. The van der Waals surface area contributed by atoms with Crippen molar-refractivity contribution in [2.75, 3.05) is 11.4 Å². The van der Waals surface area contributed by atoms with E-state index >= 15 is 0 Å². The Bertz CT molecular complexity index is 450. The van der Waals surface area contributed by atoms with Gasteiger partial charge in [0.1, 0.15) is 0 Å². The molecule has 2 nitrogen and oxygen atoms in total. The molecule has 1 heterocycles. The summed E-state index contributed by atoms with van der Waals surface area (Å²) in [5.74, 6) is 0.732. The van der Waals surface area contributed by atoms with Crippen LogP contribution in [-0.2, 0) is 0 Å². The third kappa shape index (κ3) is 2.81. The van der Waals surface area contributed by atoms with Crippen molar-refractivity contribution in [2.45, 2.75) is 32.7 Å². The Labute approximate surface area is 111 Å². The van der Waals surface area contributed by atoms with Crippen LogP contribution in [0, 0.1) is 17.2 Å². The normalized spacial score (nSPS) is 24.5. The third-order valence-electron chi connectivity index (χ3n) is 3.46. The molecule has 0 spiro atoms. The molecule has 2 rings (SSSR count). The highest BCUT2D eigenvalue weighted by Crippen LogP contribution is 2.30. The molecule has 90 valence electrons. The summed E-state index contributed by atoms with van der Waals surface area (Å²) in [6.07, 6.45) is 2.53. The van der Waals surface area contributed by atoms with Crippen molar-refractivity contribution >= 4 is 21.6 Å². The van der Waals surface area contributed by atoms with Gasteiger partial charge in [-0.1, -0.05) is 22.9 Å². The number of hydrogen-bond acceptors (Lipinski definition) is 2. The lowest BCUT2D eigenvalue weighted by molar-refractivity contribution is 0.390. The number of anilines is 1. The van der Waals surface area contributed by atoms with Gasteiger partial charge in [0.2, 0.25) is 0 Å². The second-order valence-electron chi connectivity index (χ2n) is 4.99. The van der Waals surface area contributed by atoms with Crippen LogP contribution in [0.5, 0.6) is 0 Å². The summed E-state index contributed by atoms with van der Waals surface area (Å²) in [6.45, 7) is 5.64. The lowest BCUT2D eigenvalue weighted by atomic mass is 9.94. The van der Waals surface area contributed by atoms with E-state index in [2.05, 4.69) is 46.8 Å². The molecule has 0 radical (unpaired) electrons. The van der Waals surface area contributed by atoms with Crippen molar-refractivity contribution in [1.29, 1.82) is 5.26 Å². The lowest BCUT2D eigenvalue weighted by Gasteiger charge is -2.38. The minimum absolute atomic E-state index is 0.562. The molecule has 2 atom stereocenters. The van der Waals surface area contributed by atoms with Crippen LogP contribution in [0.4, 0.5) is 5.69 Å². The van der Waals surface area contributed by atoms with Gasteiger partial charge in [0.15, 0.2) is 0 Å². The van der Waals surface area contributed by atoms with Crippen LogP contribution < -0.4 is 4.90 Å². The first-order valence-electron chi connectivity index (χ1n) is 6.07. The summed E-state index contributed by atoms with van der Waals surface area (Å²) in [4.78, 5) is 2.42. The van der Waals surface area contributed by atoms with Crippen molar-refractivity contribution in [3.8, 4) is 6.07 Å². The summed E-state index contributed by atoms with van der Waals surface area (Å²) in [6, 6.07) is 8.73. The largest absolute Gasteiger partial charge is 0.368 e. The predicted octanol–water partition coefficient (Wildman–Crippen LogP) is 3.95. The first-order valence-corrected chi connectivity index (χ1v) is 6.87. The van der Waals surface area contributed by atoms with E-state index in [4.69, 9.17) is 5.26 Å². The highest BCUT2D eigenvalue weighted by Gasteiger charge is 2.23. The highest BCUT2D eigenvalue weighted by molar-refractivity contribution is 9.10. The second kappa shape index (κ2) is 5.10. The molecule has 0 bridgehead atoms. The monoisotopic (exact) mass is 292 g/mol. The molecule has 0 aromatic heterocycles. The van der Waals surface area contributed by atoms with Gasteiger partial charge in [-0.25, -0.2) is 0 Å². The fourth-order valence-electron chi connectivity index (χ4n) is 2.45. The molecule has 2 unspecified atom stereocenters. The van der Waals surface area contributed by atoms with E-state index in [0.29, 0.717) is 6.04 Å². The Balaban J connectivity index is 2.32. The van der Waals surface area contributed by atoms with E-state index in [1.54, 1.807) is 0 Å². The maximum atomic E-state index is 9.01. The van der Waals surface area contributed by atoms with Crippen LogP contribution in [0.3, 0.4) is 0 Å². The molecule has 17 heavy (non-hydrogen) atoms. The Hall–Kier alpha value is -1.01. The summed E-state index contributed by atoms with van der Waals surface area (Å²) in [5, 5.41) is 9.01. The smallest absolute Gasteiger partial charge is 0.0992 e. The van der Waals surface area contributed by atoms with Crippen LogP contribution in [-0.4, -0.2) is 12.6 Å². The van der Waals surface area contributed by atoms with E-state index in [0.717, 1.165) is 28.2 Å². The Morgan fingerprint density at radius 3 is 2.76 bits per heavy atom. The first kappa shape index (κ1) is 12.4. The van der Waals surface area contributed by atoms with Gasteiger partial charge in [-0.15, -0.1) is 0 Å². The van der Waals surface area contributed by atoms with Gasteiger partial charge in [-0.05, 0) is 43.9 Å². The molecule has 0 saturated carbocycles. The number of rotatable bonds is 1. The van der Waals surface area contributed by atoms with E-state index in [1.165, 1.54) is 12.8 Å². The number of nitrogens with zero attached hydrogens (tertiary/aromatic N) is 2. The van der Waals surface area contributed by atoms with Gasteiger partial charge in [0.25, 0.3) is 0 Å². The van der Waals surface area contributed by atoms with Gasteiger partial charge in [0, 0.05) is 22.7 Å². The van der Waals surface area contributed by atoms with E-state index in [9.17, 15) is 0 Å². The lowest BCUT2D eigenvalue weighted by Crippen LogP contribution is -2.41. The Morgan fingerprint density at radius 2 is 2.06 bits per heavy atom. The van der Waals surface area contributed by atoms with E-state index in [1.807, 2.05) is 12.1 Å².